The van der Waals surface area contributed by atoms with Gasteiger partial charge in [-0.1, -0.05) is 65.2 Å². The molecule has 9 heteroatoms. The zero-order valence-corrected chi connectivity index (χ0v) is 23.0. The number of nitrogens with one attached hydrogen (secondary N) is 1. The first-order valence-electron chi connectivity index (χ1n) is 12.5. The van der Waals surface area contributed by atoms with Crippen LogP contribution in [0.2, 0.25) is 10.0 Å². The Bertz CT molecular complexity index is 1670. The number of carbonyl (C=O) groups is 2. The molecule has 0 fully saturated rings. The van der Waals surface area contributed by atoms with Crippen LogP contribution in [0.3, 0.4) is 0 Å². The van der Waals surface area contributed by atoms with E-state index in [1.54, 1.807) is 41.3 Å². The van der Waals surface area contributed by atoms with Crippen molar-refractivity contribution >= 4 is 35.0 Å². The number of halogens is 2. The van der Waals surface area contributed by atoms with E-state index in [4.69, 9.17) is 34.0 Å². The Labute approximate surface area is 241 Å². The number of aromatic nitrogens is 3. The van der Waals surface area contributed by atoms with E-state index in [1.807, 2.05) is 67.6 Å². The van der Waals surface area contributed by atoms with Gasteiger partial charge in [0.05, 0.1) is 39.6 Å². The SMILES string of the molecule is Cc1ccc([C@@H](CC(N)=O)NC(=O)c2ccc(-c3cc(-c4cccnc4)nn3-c3ccc(Cl)c(Cl)c3)cc2)cc1. The standard InChI is InChI=1S/C31H25Cl2N5O2/c1-19-4-6-20(7-5-19)27(17-30(34)39)36-31(40)22-10-8-21(9-11-22)29-16-28(23-3-2-14-35-18-23)37-38(29)24-12-13-25(32)26(33)15-24/h2-16,18,27H,17H2,1H3,(H2,34,39)(H,36,40)/t27-/m1/s1. The molecule has 3 aromatic carbocycles. The molecule has 3 N–H and O–H groups in total. The third-order valence-corrected chi connectivity index (χ3v) is 7.19. The van der Waals surface area contributed by atoms with Crippen molar-refractivity contribution in [3.8, 4) is 28.2 Å². The lowest BCUT2D eigenvalue weighted by atomic mass is 10.0. The van der Waals surface area contributed by atoms with Crippen LogP contribution < -0.4 is 11.1 Å². The molecule has 0 aliphatic rings. The number of primary amides is 1. The van der Waals surface area contributed by atoms with Crippen molar-refractivity contribution in [1.82, 2.24) is 20.1 Å². The van der Waals surface area contributed by atoms with Crippen LogP contribution in [0.5, 0.6) is 0 Å². The number of aryl methyl sites for hydroxylation is 1. The third-order valence-electron chi connectivity index (χ3n) is 6.45. The number of hydrogen-bond donors (Lipinski definition) is 2. The van der Waals surface area contributed by atoms with Gasteiger partial charge in [-0.05, 0) is 61.0 Å². The minimum Gasteiger partial charge on any atom is -0.370 e. The fourth-order valence-electron chi connectivity index (χ4n) is 4.34. The number of rotatable bonds is 8. The molecule has 2 amide bonds. The lowest BCUT2D eigenvalue weighted by Crippen LogP contribution is -2.31. The predicted molar refractivity (Wildman–Crippen MR) is 157 cm³/mol. The normalized spacial score (nSPS) is 11.7. The van der Waals surface area contributed by atoms with E-state index in [-0.39, 0.29) is 12.3 Å². The molecule has 2 heterocycles. The summed E-state index contributed by atoms with van der Waals surface area (Å²) in [6, 6.07) is 25.3. The largest absolute Gasteiger partial charge is 0.370 e. The fourth-order valence-corrected chi connectivity index (χ4v) is 4.63. The Morgan fingerprint density at radius 1 is 0.925 bits per heavy atom. The summed E-state index contributed by atoms with van der Waals surface area (Å²) in [6.45, 7) is 1.97. The summed E-state index contributed by atoms with van der Waals surface area (Å²) >= 11 is 12.5. The molecule has 200 valence electrons. The van der Waals surface area contributed by atoms with Crippen molar-refractivity contribution in [1.29, 1.82) is 0 Å². The number of hydrogen-bond acceptors (Lipinski definition) is 4. The molecule has 5 rings (SSSR count). The number of nitrogens with zero attached hydrogens (tertiary/aromatic N) is 3. The molecule has 40 heavy (non-hydrogen) atoms. The molecule has 0 aliphatic heterocycles. The summed E-state index contributed by atoms with van der Waals surface area (Å²) in [5.41, 5.74) is 11.7. The van der Waals surface area contributed by atoms with Gasteiger partial charge in [-0.15, -0.1) is 0 Å². The molecule has 0 bridgehead atoms. The van der Waals surface area contributed by atoms with E-state index in [0.717, 1.165) is 39.3 Å². The highest BCUT2D eigenvalue weighted by Crippen LogP contribution is 2.31. The maximum absolute atomic E-state index is 13.2. The lowest BCUT2D eigenvalue weighted by Gasteiger charge is -2.18. The molecule has 1 atom stereocenters. The molecule has 0 unspecified atom stereocenters. The molecule has 0 radical (unpaired) electrons. The van der Waals surface area contributed by atoms with E-state index in [2.05, 4.69) is 10.3 Å². The van der Waals surface area contributed by atoms with Crippen molar-refractivity contribution in [2.45, 2.75) is 19.4 Å². The minimum absolute atomic E-state index is 0.00710. The van der Waals surface area contributed by atoms with Crippen LogP contribution in [-0.4, -0.2) is 26.6 Å². The Kier molecular flexibility index (Phi) is 7.96. The van der Waals surface area contributed by atoms with Gasteiger partial charge < -0.3 is 11.1 Å². The van der Waals surface area contributed by atoms with Crippen LogP contribution in [-0.2, 0) is 4.79 Å². The molecule has 0 spiro atoms. The second-order valence-corrected chi connectivity index (χ2v) is 10.2. The van der Waals surface area contributed by atoms with Gasteiger partial charge in [0.25, 0.3) is 5.91 Å². The second kappa shape index (κ2) is 11.7. The number of pyridine rings is 1. The summed E-state index contributed by atoms with van der Waals surface area (Å²) in [5, 5.41) is 8.61. The summed E-state index contributed by atoms with van der Waals surface area (Å²) in [6.07, 6.45) is 3.44. The number of amides is 2. The molecule has 7 nitrogen and oxygen atoms in total. The van der Waals surface area contributed by atoms with Crippen LogP contribution >= 0.6 is 23.2 Å². The fraction of sp³-hybridized carbons (Fsp3) is 0.0968. The predicted octanol–water partition coefficient (Wildman–Crippen LogP) is 6.56. The summed E-state index contributed by atoms with van der Waals surface area (Å²) in [7, 11) is 0. The highest BCUT2D eigenvalue weighted by molar-refractivity contribution is 6.42. The number of nitrogens with two attached hydrogens (primary N) is 1. The zero-order chi connectivity index (χ0) is 28.2. The number of carbonyl (C=O) groups excluding carboxylic acids is 2. The van der Waals surface area contributed by atoms with Gasteiger partial charge in [0, 0.05) is 29.1 Å². The first kappa shape index (κ1) is 27.1. The van der Waals surface area contributed by atoms with Gasteiger partial charge in [0.15, 0.2) is 0 Å². The van der Waals surface area contributed by atoms with Gasteiger partial charge >= 0.3 is 0 Å². The molecule has 5 aromatic rings. The Balaban J connectivity index is 1.46. The lowest BCUT2D eigenvalue weighted by molar-refractivity contribution is -0.118. The van der Waals surface area contributed by atoms with E-state index in [0.29, 0.717) is 15.6 Å². The summed E-state index contributed by atoms with van der Waals surface area (Å²) < 4.78 is 1.78. The minimum atomic E-state index is -0.539. The molecular weight excluding hydrogens is 545 g/mol. The van der Waals surface area contributed by atoms with Crippen molar-refractivity contribution < 1.29 is 9.59 Å². The Morgan fingerprint density at radius 2 is 1.68 bits per heavy atom. The van der Waals surface area contributed by atoms with Gasteiger partial charge in [0.2, 0.25) is 5.91 Å². The van der Waals surface area contributed by atoms with Gasteiger partial charge in [0.1, 0.15) is 0 Å². The molecule has 2 aromatic heterocycles. The van der Waals surface area contributed by atoms with E-state index in [9.17, 15) is 9.59 Å². The maximum Gasteiger partial charge on any atom is 0.251 e. The van der Waals surface area contributed by atoms with Gasteiger partial charge in [-0.2, -0.15) is 5.10 Å². The Morgan fingerprint density at radius 3 is 2.33 bits per heavy atom. The van der Waals surface area contributed by atoms with Crippen molar-refractivity contribution in [2.75, 3.05) is 0 Å². The molecule has 0 saturated heterocycles. The Hall–Kier alpha value is -4.46. The third kappa shape index (κ3) is 6.06. The first-order valence-corrected chi connectivity index (χ1v) is 13.3. The average Bonchev–Trinajstić information content (AvgIpc) is 3.40. The van der Waals surface area contributed by atoms with Crippen molar-refractivity contribution in [3.63, 3.8) is 0 Å². The van der Waals surface area contributed by atoms with Gasteiger partial charge in [-0.25, -0.2) is 4.68 Å². The van der Waals surface area contributed by atoms with Crippen molar-refractivity contribution in [3.05, 3.63) is 124 Å². The molecule has 0 saturated carbocycles. The van der Waals surface area contributed by atoms with Crippen LogP contribution in [0.4, 0.5) is 0 Å². The first-order chi connectivity index (χ1) is 19.3. The van der Waals surface area contributed by atoms with Crippen LogP contribution in [0.1, 0.15) is 33.9 Å². The average molecular weight is 570 g/mol. The quantitative estimate of drug-likeness (QED) is 0.221. The van der Waals surface area contributed by atoms with E-state index in [1.165, 1.54) is 0 Å². The topological polar surface area (TPSA) is 103 Å². The van der Waals surface area contributed by atoms with Gasteiger partial charge in [-0.3, -0.25) is 14.6 Å². The van der Waals surface area contributed by atoms with E-state index < -0.39 is 11.9 Å². The summed E-state index contributed by atoms with van der Waals surface area (Å²) in [5.74, 6) is -0.811. The number of benzene rings is 3. The highest BCUT2D eigenvalue weighted by atomic mass is 35.5. The van der Waals surface area contributed by atoms with Crippen LogP contribution in [0.25, 0.3) is 28.2 Å². The van der Waals surface area contributed by atoms with Crippen LogP contribution in [0, 0.1) is 6.92 Å². The van der Waals surface area contributed by atoms with Crippen LogP contribution in [0.15, 0.2) is 97.3 Å². The van der Waals surface area contributed by atoms with E-state index >= 15 is 0 Å². The highest BCUT2D eigenvalue weighted by Gasteiger charge is 2.19. The smallest absolute Gasteiger partial charge is 0.251 e. The maximum atomic E-state index is 13.2. The molecule has 0 aliphatic carbocycles. The zero-order valence-electron chi connectivity index (χ0n) is 21.5. The molecular formula is C31H25Cl2N5O2. The monoisotopic (exact) mass is 569 g/mol. The summed E-state index contributed by atoms with van der Waals surface area (Å²) in [4.78, 5) is 29.1. The second-order valence-electron chi connectivity index (χ2n) is 9.35. The van der Waals surface area contributed by atoms with Crippen molar-refractivity contribution in [2.24, 2.45) is 5.73 Å².